The fraction of sp³-hybridized carbons (Fsp3) is 0.333. The van der Waals surface area contributed by atoms with E-state index in [1.54, 1.807) is 0 Å². The van der Waals surface area contributed by atoms with Crippen molar-refractivity contribution in [3.63, 3.8) is 0 Å². The third-order valence-electron chi connectivity index (χ3n) is 4.58. The number of thioether (sulfide) groups is 1. The zero-order valence-corrected chi connectivity index (χ0v) is 18.2. The van der Waals surface area contributed by atoms with Crippen molar-refractivity contribution in [1.82, 2.24) is 5.32 Å². The van der Waals surface area contributed by atoms with Crippen molar-refractivity contribution >= 4 is 58.0 Å². The highest BCUT2D eigenvalue weighted by Crippen LogP contribution is 2.28. The maximum Gasteiger partial charge on any atom is 0.227 e. The molecular formula is C21H24ClN3OS2. The molecule has 0 saturated carbocycles. The Labute approximate surface area is 181 Å². The van der Waals surface area contributed by atoms with E-state index in [2.05, 4.69) is 16.7 Å². The fourth-order valence-corrected chi connectivity index (χ4v) is 4.45. The molecule has 1 fully saturated rings. The monoisotopic (exact) mass is 433 g/mol. The quantitative estimate of drug-likeness (QED) is 0.475. The Kier molecular flexibility index (Phi) is 7.59. The van der Waals surface area contributed by atoms with Gasteiger partial charge in [-0.15, -0.1) is 0 Å². The number of nitrogens with one attached hydrogen (secondary N) is 2. The molecular weight excluding hydrogens is 410 g/mol. The topological polar surface area (TPSA) is 44.4 Å². The number of aryl methyl sites for hydroxylation is 1. The Balaban J connectivity index is 1.45. The Morgan fingerprint density at radius 1 is 1.29 bits per heavy atom. The van der Waals surface area contributed by atoms with Crippen LogP contribution in [-0.2, 0) is 10.5 Å². The van der Waals surface area contributed by atoms with Crippen molar-refractivity contribution < 1.29 is 4.79 Å². The lowest BCUT2D eigenvalue weighted by molar-refractivity contribution is -0.117. The highest BCUT2D eigenvalue weighted by atomic mass is 35.5. The lowest BCUT2D eigenvalue weighted by atomic mass is 10.1. The van der Waals surface area contributed by atoms with Crippen LogP contribution in [0.15, 0.2) is 42.5 Å². The van der Waals surface area contributed by atoms with Gasteiger partial charge in [0, 0.05) is 47.4 Å². The van der Waals surface area contributed by atoms with Crippen LogP contribution in [0.2, 0.25) is 5.02 Å². The molecule has 0 unspecified atom stereocenters. The molecule has 1 aliphatic rings. The van der Waals surface area contributed by atoms with Gasteiger partial charge in [0.25, 0.3) is 0 Å². The van der Waals surface area contributed by atoms with Gasteiger partial charge in [-0.1, -0.05) is 35.9 Å². The van der Waals surface area contributed by atoms with E-state index >= 15 is 0 Å². The first kappa shape index (κ1) is 21.0. The van der Waals surface area contributed by atoms with Gasteiger partial charge in [0.15, 0.2) is 5.11 Å². The largest absolute Gasteiger partial charge is 0.362 e. The summed E-state index contributed by atoms with van der Waals surface area (Å²) in [6.07, 6.45) is 1.55. The number of amides is 1. The zero-order valence-electron chi connectivity index (χ0n) is 15.8. The predicted octanol–water partition coefficient (Wildman–Crippen LogP) is 5.00. The molecule has 1 saturated heterocycles. The molecule has 1 aliphatic heterocycles. The van der Waals surface area contributed by atoms with Crippen molar-refractivity contribution in [3.8, 4) is 0 Å². The van der Waals surface area contributed by atoms with Gasteiger partial charge in [-0.05, 0) is 54.9 Å². The Bertz CT molecular complexity index is 859. The van der Waals surface area contributed by atoms with E-state index in [1.165, 1.54) is 0 Å². The second-order valence-corrected chi connectivity index (χ2v) is 8.60. The number of hydrogen-bond acceptors (Lipinski definition) is 3. The normalized spacial score (nSPS) is 13.6. The minimum Gasteiger partial charge on any atom is -0.362 e. The minimum atomic E-state index is 0.191. The van der Waals surface area contributed by atoms with Gasteiger partial charge in [-0.25, -0.2) is 0 Å². The lowest BCUT2D eigenvalue weighted by Crippen LogP contribution is -2.30. The van der Waals surface area contributed by atoms with E-state index < -0.39 is 0 Å². The van der Waals surface area contributed by atoms with Gasteiger partial charge >= 0.3 is 0 Å². The molecule has 3 rings (SSSR count). The summed E-state index contributed by atoms with van der Waals surface area (Å²) in [6.45, 7) is 3.58. The van der Waals surface area contributed by atoms with Crippen LogP contribution in [0, 0.1) is 6.92 Å². The summed E-state index contributed by atoms with van der Waals surface area (Å²) in [4.78, 5) is 13.9. The van der Waals surface area contributed by atoms with E-state index in [0.29, 0.717) is 11.5 Å². The first-order chi connectivity index (χ1) is 13.5. The number of anilines is 2. The number of hydrogen-bond donors (Lipinski definition) is 2. The molecule has 0 radical (unpaired) electrons. The number of nitrogens with zero attached hydrogens (tertiary/aromatic N) is 1. The summed E-state index contributed by atoms with van der Waals surface area (Å²) >= 11 is 13.4. The lowest BCUT2D eigenvalue weighted by Gasteiger charge is -2.20. The first-order valence-electron chi connectivity index (χ1n) is 9.31. The third kappa shape index (κ3) is 5.63. The summed E-state index contributed by atoms with van der Waals surface area (Å²) in [5.41, 5.74) is 4.10. The Morgan fingerprint density at radius 2 is 2.11 bits per heavy atom. The molecule has 7 heteroatoms. The van der Waals surface area contributed by atoms with Crippen LogP contribution in [0.4, 0.5) is 11.4 Å². The fourth-order valence-electron chi connectivity index (χ4n) is 3.09. The van der Waals surface area contributed by atoms with Crippen LogP contribution >= 0.6 is 35.6 Å². The summed E-state index contributed by atoms with van der Waals surface area (Å²) in [6, 6.07) is 13.9. The van der Waals surface area contributed by atoms with Crippen molar-refractivity contribution in [2.45, 2.75) is 25.5 Å². The van der Waals surface area contributed by atoms with E-state index in [4.69, 9.17) is 23.8 Å². The summed E-state index contributed by atoms with van der Waals surface area (Å²) < 4.78 is 0. The molecule has 28 heavy (non-hydrogen) atoms. The van der Waals surface area contributed by atoms with E-state index in [1.807, 2.05) is 60.0 Å². The Morgan fingerprint density at radius 3 is 2.86 bits per heavy atom. The number of carbonyl (C=O) groups excluding carboxylic acids is 1. The predicted molar refractivity (Wildman–Crippen MR) is 125 cm³/mol. The molecule has 0 atom stereocenters. The molecule has 2 aromatic rings. The Hall–Kier alpha value is -1.76. The van der Waals surface area contributed by atoms with Crippen LogP contribution in [0.5, 0.6) is 0 Å². The van der Waals surface area contributed by atoms with Crippen LogP contribution in [-0.4, -0.2) is 29.9 Å². The molecule has 0 spiro atoms. The van der Waals surface area contributed by atoms with Gasteiger partial charge in [0.2, 0.25) is 5.91 Å². The van der Waals surface area contributed by atoms with E-state index in [-0.39, 0.29) is 5.91 Å². The molecule has 0 bridgehead atoms. The van der Waals surface area contributed by atoms with Crippen molar-refractivity contribution in [1.29, 1.82) is 0 Å². The summed E-state index contributed by atoms with van der Waals surface area (Å²) in [7, 11) is 0. The van der Waals surface area contributed by atoms with Gasteiger partial charge in [-0.3, -0.25) is 4.79 Å². The summed E-state index contributed by atoms with van der Waals surface area (Å²) in [5.74, 6) is 2.00. The third-order valence-corrected chi connectivity index (χ3v) is 6.20. The molecule has 1 heterocycles. The number of thiocarbonyl (C=S) groups is 1. The average Bonchev–Trinajstić information content (AvgIpc) is 3.10. The van der Waals surface area contributed by atoms with E-state index in [0.717, 1.165) is 58.5 Å². The minimum absolute atomic E-state index is 0.191. The standard InChI is InChI=1S/C21H24ClN3OS2/c1-15-8-9-17(13-19(15)25-11-4-7-20(25)26)24-21(27)23-10-12-28-14-16-5-2-3-6-18(16)22/h2-3,5-6,8-9,13H,4,7,10-12,14H2,1H3,(H2,23,24,27). The van der Waals surface area contributed by atoms with Crippen LogP contribution in [0.25, 0.3) is 0 Å². The number of carbonyl (C=O) groups is 1. The number of halogens is 1. The van der Waals surface area contributed by atoms with Crippen LogP contribution in [0.3, 0.4) is 0 Å². The number of rotatable bonds is 7. The highest BCUT2D eigenvalue weighted by molar-refractivity contribution is 7.98. The smallest absolute Gasteiger partial charge is 0.227 e. The molecule has 148 valence electrons. The first-order valence-corrected chi connectivity index (χ1v) is 11.3. The molecule has 2 aromatic carbocycles. The SMILES string of the molecule is Cc1ccc(NC(=S)NCCSCc2ccccc2Cl)cc1N1CCCC1=O. The summed E-state index contributed by atoms with van der Waals surface area (Å²) in [5, 5.41) is 7.84. The van der Waals surface area contributed by atoms with Gasteiger partial charge in [0.05, 0.1) is 0 Å². The molecule has 0 aromatic heterocycles. The maximum atomic E-state index is 12.0. The van der Waals surface area contributed by atoms with Crippen molar-refractivity contribution in [2.75, 3.05) is 29.1 Å². The second kappa shape index (κ2) is 10.1. The molecule has 1 amide bonds. The maximum absolute atomic E-state index is 12.0. The molecule has 0 aliphatic carbocycles. The second-order valence-electron chi connectivity index (χ2n) is 6.68. The number of benzene rings is 2. The van der Waals surface area contributed by atoms with Crippen LogP contribution in [0.1, 0.15) is 24.0 Å². The van der Waals surface area contributed by atoms with Gasteiger partial charge < -0.3 is 15.5 Å². The highest BCUT2D eigenvalue weighted by Gasteiger charge is 2.23. The molecule has 2 N–H and O–H groups in total. The molecule has 4 nitrogen and oxygen atoms in total. The van der Waals surface area contributed by atoms with Crippen LogP contribution < -0.4 is 15.5 Å². The van der Waals surface area contributed by atoms with Gasteiger partial charge in [0.1, 0.15) is 0 Å². The van der Waals surface area contributed by atoms with Gasteiger partial charge in [-0.2, -0.15) is 11.8 Å². The van der Waals surface area contributed by atoms with Crippen molar-refractivity contribution in [3.05, 3.63) is 58.6 Å². The zero-order chi connectivity index (χ0) is 19.9. The average molecular weight is 434 g/mol. The van der Waals surface area contributed by atoms with E-state index in [9.17, 15) is 4.79 Å². The van der Waals surface area contributed by atoms with Crippen molar-refractivity contribution in [2.24, 2.45) is 0 Å².